The monoisotopic (exact) mass is 298 g/mol. The highest BCUT2D eigenvalue weighted by Crippen LogP contribution is 2.25. The number of thiophene rings is 1. The zero-order chi connectivity index (χ0) is 15.2. The van der Waals surface area contributed by atoms with Crippen molar-refractivity contribution in [1.29, 1.82) is 0 Å². The molecule has 0 fully saturated rings. The van der Waals surface area contributed by atoms with E-state index >= 15 is 0 Å². The van der Waals surface area contributed by atoms with E-state index in [4.69, 9.17) is 0 Å². The quantitative estimate of drug-likeness (QED) is 0.724. The molecule has 5 nitrogen and oxygen atoms in total. The number of nitrogens with one attached hydrogen (secondary N) is 2. The van der Waals surface area contributed by atoms with Gasteiger partial charge in [0.25, 0.3) is 0 Å². The van der Waals surface area contributed by atoms with Crippen LogP contribution in [0.1, 0.15) is 37.8 Å². The number of carboxylic acid groups (broad SMARTS) is 1. The molecule has 20 heavy (non-hydrogen) atoms. The lowest BCUT2D eigenvalue weighted by Gasteiger charge is -2.26. The van der Waals surface area contributed by atoms with E-state index in [-0.39, 0.29) is 12.6 Å². The predicted molar refractivity (Wildman–Crippen MR) is 79.9 cm³/mol. The molecule has 1 aromatic heterocycles. The first-order chi connectivity index (χ1) is 9.45. The summed E-state index contributed by atoms with van der Waals surface area (Å²) in [5, 5.41) is 18.7. The highest BCUT2D eigenvalue weighted by atomic mass is 32.1. The summed E-state index contributed by atoms with van der Waals surface area (Å²) in [6.07, 6.45) is 0.978. The molecule has 112 valence electrons. The number of aliphatic carboxylic acids is 1. The van der Waals surface area contributed by atoms with Crippen LogP contribution in [0.3, 0.4) is 0 Å². The van der Waals surface area contributed by atoms with Gasteiger partial charge in [-0.05, 0) is 41.7 Å². The van der Waals surface area contributed by atoms with Gasteiger partial charge in [-0.2, -0.15) is 11.3 Å². The van der Waals surface area contributed by atoms with Crippen LogP contribution in [-0.4, -0.2) is 23.7 Å². The number of carbonyl (C=O) groups excluding carboxylic acids is 1. The number of amides is 2. The molecule has 6 heteroatoms. The molecular weight excluding hydrogens is 276 g/mol. The Kier molecular flexibility index (Phi) is 6.01. The summed E-state index contributed by atoms with van der Waals surface area (Å²) >= 11 is 1.60. The Balaban J connectivity index is 2.46. The lowest BCUT2D eigenvalue weighted by Crippen LogP contribution is -2.45. The van der Waals surface area contributed by atoms with Crippen LogP contribution in [0.2, 0.25) is 0 Å². The number of hydrogen-bond donors (Lipinski definition) is 3. The minimum absolute atomic E-state index is 0.143. The SMILES string of the molecule is CCC(CC)(CNC(=O)NCc1cscc1C)C(=O)O. The minimum atomic E-state index is -0.879. The van der Waals surface area contributed by atoms with Crippen molar-refractivity contribution in [2.24, 2.45) is 5.41 Å². The van der Waals surface area contributed by atoms with E-state index in [9.17, 15) is 14.7 Å². The molecule has 0 saturated heterocycles. The second-order valence-corrected chi connectivity index (χ2v) is 5.65. The van der Waals surface area contributed by atoms with Crippen molar-refractivity contribution >= 4 is 23.3 Å². The van der Waals surface area contributed by atoms with Crippen molar-refractivity contribution in [1.82, 2.24) is 10.6 Å². The van der Waals surface area contributed by atoms with Gasteiger partial charge in [-0.15, -0.1) is 0 Å². The molecule has 3 N–H and O–H groups in total. The Bertz CT molecular complexity index is 467. The maximum absolute atomic E-state index is 11.7. The van der Waals surface area contributed by atoms with Crippen molar-refractivity contribution in [3.05, 3.63) is 21.9 Å². The summed E-state index contributed by atoms with van der Waals surface area (Å²) in [7, 11) is 0. The standard InChI is InChI=1S/C14H22N2O3S/c1-4-14(5-2,12(17)18)9-16-13(19)15-6-11-8-20-7-10(11)3/h7-8H,4-6,9H2,1-3H3,(H,17,18)(H2,15,16,19). The topological polar surface area (TPSA) is 78.4 Å². The van der Waals surface area contributed by atoms with Gasteiger partial charge in [0.05, 0.1) is 5.41 Å². The van der Waals surface area contributed by atoms with Crippen LogP contribution >= 0.6 is 11.3 Å². The van der Waals surface area contributed by atoms with Crippen molar-refractivity contribution < 1.29 is 14.7 Å². The molecule has 0 unspecified atom stereocenters. The summed E-state index contributed by atoms with van der Waals surface area (Å²) in [6.45, 7) is 6.25. The fourth-order valence-electron chi connectivity index (χ4n) is 1.93. The Labute approximate surface area is 123 Å². The molecule has 0 aliphatic carbocycles. The number of carbonyl (C=O) groups is 2. The van der Waals surface area contributed by atoms with Crippen molar-refractivity contribution in [3.8, 4) is 0 Å². The van der Waals surface area contributed by atoms with E-state index in [1.54, 1.807) is 11.3 Å². The van der Waals surface area contributed by atoms with Crippen LogP contribution in [0.4, 0.5) is 4.79 Å². The fraction of sp³-hybridized carbons (Fsp3) is 0.571. The van der Waals surface area contributed by atoms with E-state index in [1.165, 1.54) is 0 Å². The van der Waals surface area contributed by atoms with Gasteiger partial charge in [0.15, 0.2) is 0 Å². The molecule has 0 aliphatic rings. The molecule has 0 atom stereocenters. The van der Waals surface area contributed by atoms with E-state index in [2.05, 4.69) is 10.6 Å². The Morgan fingerprint density at radius 3 is 2.35 bits per heavy atom. The Hall–Kier alpha value is -1.56. The molecule has 1 rings (SSSR count). The normalized spacial score (nSPS) is 11.2. The van der Waals surface area contributed by atoms with Gasteiger partial charge < -0.3 is 15.7 Å². The van der Waals surface area contributed by atoms with E-state index in [1.807, 2.05) is 31.5 Å². The van der Waals surface area contributed by atoms with Gasteiger partial charge in [0.2, 0.25) is 0 Å². The first kappa shape index (κ1) is 16.5. The predicted octanol–water partition coefficient (Wildman–Crippen LogP) is 2.75. The molecule has 0 saturated carbocycles. The summed E-state index contributed by atoms with van der Waals surface area (Å²) in [5.74, 6) is -0.864. The molecule has 1 heterocycles. The van der Waals surface area contributed by atoms with E-state index < -0.39 is 11.4 Å². The van der Waals surface area contributed by atoms with Gasteiger partial charge in [0, 0.05) is 13.1 Å². The number of rotatable bonds is 7. The third-order valence-corrected chi connectivity index (χ3v) is 4.71. The van der Waals surface area contributed by atoms with Crippen LogP contribution in [0.15, 0.2) is 10.8 Å². The summed E-state index contributed by atoms with van der Waals surface area (Å²) in [5.41, 5.74) is 1.35. The largest absolute Gasteiger partial charge is 0.481 e. The molecular formula is C14H22N2O3S. The van der Waals surface area contributed by atoms with Crippen molar-refractivity contribution in [2.45, 2.75) is 40.2 Å². The van der Waals surface area contributed by atoms with Crippen LogP contribution in [0.5, 0.6) is 0 Å². The molecule has 1 aromatic rings. The van der Waals surface area contributed by atoms with Gasteiger partial charge in [-0.1, -0.05) is 13.8 Å². The smallest absolute Gasteiger partial charge is 0.315 e. The zero-order valence-electron chi connectivity index (χ0n) is 12.2. The molecule has 0 bridgehead atoms. The minimum Gasteiger partial charge on any atom is -0.481 e. The fourth-order valence-corrected chi connectivity index (χ4v) is 2.79. The average Bonchev–Trinajstić information content (AvgIpc) is 2.83. The van der Waals surface area contributed by atoms with Crippen LogP contribution in [0.25, 0.3) is 0 Å². The lowest BCUT2D eigenvalue weighted by atomic mass is 9.82. The second kappa shape index (κ2) is 7.28. The molecule has 2 amide bonds. The third kappa shape index (κ3) is 3.96. The molecule has 0 spiro atoms. The number of aryl methyl sites for hydroxylation is 1. The van der Waals surface area contributed by atoms with Gasteiger partial charge in [-0.25, -0.2) is 4.79 Å². The highest BCUT2D eigenvalue weighted by Gasteiger charge is 2.35. The molecule has 0 aromatic carbocycles. The van der Waals surface area contributed by atoms with Crippen molar-refractivity contribution in [3.63, 3.8) is 0 Å². The molecule has 0 aliphatic heterocycles. The van der Waals surface area contributed by atoms with E-state index in [0.29, 0.717) is 19.4 Å². The van der Waals surface area contributed by atoms with Crippen LogP contribution in [0, 0.1) is 12.3 Å². The number of hydrogen-bond acceptors (Lipinski definition) is 3. The van der Waals surface area contributed by atoms with Gasteiger partial charge in [0.1, 0.15) is 0 Å². The Morgan fingerprint density at radius 2 is 1.90 bits per heavy atom. The summed E-state index contributed by atoms with van der Waals surface area (Å²) in [4.78, 5) is 23.1. The zero-order valence-corrected chi connectivity index (χ0v) is 13.0. The maximum Gasteiger partial charge on any atom is 0.315 e. The van der Waals surface area contributed by atoms with Gasteiger partial charge in [-0.3, -0.25) is 4.79 Å². The summed E-state index contributed by atoms with van der Waals surface area (Å²) < 4.78 is 0. The number of carboxylic acids is 1. The average molecular weight is 298 g/mol. The first-order valence-corrected chi connectivity index (χ1v) is 7.66. The number of urea groups is 1. The summed E-state index contributed by atoms with van der Waals surface area (Å²) in [6, 6.07) is -0.330. The highest BCUT2D eigenvalue weighted by molar-refractivity contribution is 7.08. The van der Waals surface area contributed by atoms with E-state index in [0.717, 1.165) is 11.1 Å². The van der Waals surface area contributed by atoms with Gasteiger partial charge >= 0.3 is 12.0 Å². The second-order valence-electron chi connectivity index (χ2n) is 4.91. The third-order valence-electron chi connectivity index (χ3n) is 3.80. The first-order valence-electron chi connectivity index (χ1n) is 6.72. The molecule has 0 radical (unpaired) electrons. The van der Waals surface area contributed by atoms with Crippen LogP contribution < -0.4 is 10.6 Å². The maximum atomic E-state index is 11.7. The lowest BCUT2D eigenvalue weighted by molar-refractivity contribution is -0.149. The Morgan fingerprint density at radius 1 is 1.25 bits per heavy atom. The van der Waals surface area contributed by atoms with Crippen LogP contribution in [-0.2, 0) is 11.3 Å². The van der Waals surface area contributed by atoms with Crippen molar-refractivity contribution in [2.75, 3.05) is 6.54 Å².